The van der Waals surface area contributed by atoms with Crippen LogP contribution in [0.3, 0.4) is 0 Å². The molecule has 3 aromatic rings. The number of aryl methyl sites for hydroxylation is 1. The van der Waals surface area contributed by atoms with Gasteiger partial charge in [0, 0.05) is 24.3 Å². The summed E-state index contributed by atoms with van der Waals surface area (Å²) in [6.07, 6.45) is 7.64. The molecule has 3 atom stereocenters. The number of nitrogens with zero attached hydrogens (tertiary/aromatic N) is 3. The van der Waals surface area contributed by atoms with Crippen molar-refractivity contribution >= 4 is 26.9 Å². The van der Waals surface area contributed by atoms with Gasteiger partial charge in [-0.1, -0.05) is 17.7 Å². The number of piperidine rings is 1. The predicted molar refractivity (Wildman–Crippen MR) is 108 cm³/mol. The molecule has 0 amide bonds. The summed E-state index contributed by atoms with van der Waals surface area (Å²) in [6, 6.07) is 10.0. The summed E-state index contributed by atoms with van der Waals surface area (Å²) < 4.78 is 27.4. The van der Waals surface area contributed by atoms with Gasteiger partial charge in [0.1, 0.15) is 12.1 Å². The molecule has 0 unspecified atom stereocenters. The summed E-state index contributed by atoms with van der Waals surface area (Å²) in [5.41, 5.74) is 1.41. The Morgan fingerprint density at radius 1 is 1.07 bits per heavy atom. The molecule has 0 aliphatic carbocycles. The Morgan fingerprint density at radius 2 is 1.86 bits per heavy atom. The van der Waals surface area contributed by atoms with Gasteiger partial charge in [-0.3, -0.25) is 0 Å². The molecule has 8 heteroatoms. The van der Waals surface area contributed by atoms with Crippen molar-refractivity contribution < 1.29 is 8.42 Å². The topological polar surface area (TPSA) is 88.9 Å². The highest BCUT2D eigenvalue weighted by Gasteiger charge is 2.35. The van der Waals surface area contributed by atoms with E-state index in [9.17, 15) is 8.42 Å². The van der Waals surface area contributed by atoms with Gasteiger partial charge in [-0.25, -0.2) is 22.4 Å². The second-order valence-corrected chi connectivity index (χ2v) is 9.58. The van der Waals surface area contributed by atoms with Crippen molar-refractivity contribution in [2.45, 2.75) is 55.6 Å². The molecule has 2 bridgehead atoms. The lowest BCUT2D eigenvalue weighted by Crippen LogP contribution is -2.47. The first-order valence-electron chi connectivity index (χ1n) is 9.69. The Kier molecular flexibility index (Phi) is 4.13. The Morgan fingerprint density at radius 3 is 2.68 bits per heavy atom. The van der Waals surface area contributed by atoms with Crippen LogP contribution in [0.1, 0.15) is 31.2 Å². The van der Waals surface area contributed by atoms with Crippen LogP contribution in [0.2, 0.25) is 0 Å². The van der Waals surface area contributed by atoms with Gasteiger partial charge in [-0.15, -0.1) is 0 Å². The Labute approximate surface area is 164 Å². The summed E-state index contributed by atoms with van der Waals surface area (Å²) >= 11 is 0. The summed E-state index contributed by atoms with van der Waals surface area (Å²) in [4.78, 5) is 8.92. The molecular formula is C20H23N5O2S. The maximum absolute atomic E-state index is 13.1. The Hall–Kier alpha value is -2.45. The van der Waals surface area contributed by atoms with Crippen molar-refractivity contribution in [3.63, 3.8) is 0 Å². The van der Waals surface area contributed by atoms with Gasteiger partial charge < -0.3 is 10.6 Å². The number of hydrogen-bond donors (Lipinski definition) is 2. The van der Waals surface area contributed by atoms with Crippen molar-refractivity contribution in [3.8, 4) is 0 Å². The molecule has 4 heterocycles. The highest BCUT2D eigenvalue weighted by Crippen LogP contribution is 2.31. The van der Waals surface area contributed by atoms with Crippen LogP contribution in [0, 0.1) is 6.92 Å². The van der Waals surface area contributed by atoms with E-state index in [1.54, 1.807) is 36.5 Å². The molecule has 146 valence electrons. The standard InChI is InChI=1S/C20H23N5O2S/c1-13-2-6-15(7-3-13)28(26,27)25-11-10-16-19(21-12-22-20(16)25)24-18-9-5-14-4-8-17(18)23-14/h2-3,6-7,10-12,14,17-18,23H,4-5,8-9H2,1H3,(H,21,22,24)/t14-,17+,18+/m0/s1. The van der Waals surface area contributed by atoms with Crippen LogP contribution >= 0.6 is 0 Å². The third-order valence-electron chi connectivity index (χ3n) is 5.94. The fourth-order valence-electron chi connectivity index (χ4n) is 4.39. The third kappa shape index (κ3) is 2.87. The number of aromatic nitrogens is 3. The molecule has 0 radical (unpaired) electrons. The lowest BCUT2D eigenvalue weighted by atomic mass is 10.00. The smallest absolute Gasteiger partial charge is 0.269 e. The lowest BCUT2D eigenvalue weighted by Gasteiger charge is -2.31. The second kappa shape index (κ2) is 6.56. The average Bonchev–Trinajstić information content (AvgIpc) is 3.30. The number of anilines is 1. The summed E-state index contributed by atoms with van der Waals surface area (Å²) in [6.45, 7) is 1.93. The molecule has 2 N–H and O–H groups in total. The first-order chi connectivity index (χ1) is 13.5. The van der Waals surface area contributed by atoms with Crippen molar-refractivity contribution in [3.05, 3.63) is 48.4 Å². The van der Waals surface area contributed by atoms with E-state index >= 15 is 0 Å². The normalized spacial score (nSPS) is 24.5. The first-order valence-corrected chi connectivity index (χ1v) is 11.1. The Balaban J connectivity index is 1.51. The number of fused-ring (bicyclic) bond motifs is 3. The molecule has 2 aliphatic heterocycles. The van der Waals surface area contributed by atoms with Crippen LogP contribution < -0.4 is 10.6 Å². The van der Waals surface area contributed by atoms with Gasteiger partial charge in [0.2, 0.25) is 0 Å². The van der Waals surface area contributed by atoms with Gasteiger partial charge >= 0.3 is 0 Å². The third-order valence-corrected chi connectivity index (χ3v) is 7.62. The zero-order valence-corrected chi connectivity index (χ0v) is 16.5. The van der Waals surface area contributed by atoms with Crippen molar-refractivity contribution in [1.82, 2.24) is 19.3 Å². The minimum atomic E-state index is -3.71. The molecule has 1 aromatic carbocycles. The fraction of sp³-hybridized carbons (Fsp3) is 0.400. The molecule has 0 spiro atoms. The minimum Gasteiger partial charge on any atom is -0.365 e. The van der Waals surface area contributed by atoms with Gasteiger partial charge in [-0.05, 0) is 50.8 Å². The SMILES string of the molecule is Cc1ccc(S(=O)(=O)n2ccc3c(N[C@@H]4CC[C@@H]5CC[C@H]4N5)ncnc32)cc1. The van der Waals surface area contributed by atoms with E-state index in [2.05, 4.69) is 20.6 Å². The summed E-state index contributed by atoms with van der Waals surface area (Å²) in [5.74, 6) is 0.694. The van der Waals surface area contributed by atoms with Gasteiger partial charge in [0.15, 0.2) is 5.65 Å². The van der Waals surface area contributed by atoms with Gasteiger partial charge in [0.25, 0.3) is 10.0 Å². The number of nitrogens with one attached hydrogen (secondary N) is 2. The van der Waals surface area contributed by atoms with E-state index in [4.69, 9.17) is 0 Å². The molecule has 2 aromatic heterocycles. The molecular weight excluding hydrogens is 374 g/mol. The molecule has 2 aliphatic rings. The highest BCUT2D eigenvalue weighted by molar-refractivity contribution is 7.90. The molecule has 28 heavy (non-hydrogen) atoms. The van der Waals surface area contributed by atoms with E-state index in [0.29, 0.717) is 29.6 Å². The molecule has 2 fully saturated rings. The second-order valence-electron chi connectivity index (χ2n) is 7.76. The van der Waals surface area contributed by atoms with Crippen molar-refractivity contribution in [2.24, 2.45) is 0 Å². The maximum Gasteiger partial charge on any atom is 0.269 e. The monoisotopic (exact) mass is 397 g/mol. The van der Waals surface area contributed by atoms with Crippen molar-refractivity contribution in [1.29, 1.82) is 0 Å². The van der Waals surface area contributed by atoms with Crippen molar-refractivity contribution in [2.75, 3.05) is 5.32 Å². The number of benzene rings is 1. The zero-order chi connectivity index (χ0) is 19.3. The molecule has 7 nitrogen and oxygen atoms in total. The zero-order valence-electron chi connectivity index (χ0n) is 15.7. The maximum atomic E-state index is 13.1. The average molecular weight is 398 g/mol. The number of rotatable bonds is 4. The Bertz CT molecular complexity index is 1120. The van der Waals surface area contributed by atoms with E-state index in [-0.39, 0.29) is 4.90 Å². The highest BCUT2D eigenvalue weighted by atomic mass is 32.2. The van der Waals surface area contributed by atoms with Gasteiger partial charge in [0.05, 0.1) is 10.3 Å². The van der Waals surface area contributed by atoms with E-state index < -0.39 is 10.0 Å². The van der Waals surface area contributed by atoms with E-state index in [1.165, 1.54) is 23.1 Å². The fourth-order valence-corrected chi connectivity index (χ4v) is 5.69. The number of hydrogen-bond acceptors (Lipinski definition) is 6. The van der Waals surface area contributed by atoms with Crippen LogP contribution in [-0.4, -0.2) is 40.5 Å². The van der Waals surface area contributed by atoms with Crippen LogP contribution in [0.5, 0.6) is 0 Å². The molecule has 5 rings (SSSR count). The van der Waals surface area contributed by atoms with Crippen LogP contribution in [0.15, 0.2) is 47.8 Å². The summed E-state index contributed by atoms with van der Waals surface area (Å²) in [7, 11) is -3.71. The molecule has 2 saturated heterocycles. The van der Waals surface area contributed by atoms with E-state index in [1.807, 2.05) is 6.92 Å². The molecule has 0 saturated carbocycles. The van der Waals surface area contributed by atoms with E-state index in [0.717, 1.165) is 23.8 Å². The van der Waals surface area contributed by atoms with Crippen LogP contribution in [0.25, 0.3) is 11.0 Å². The largest absolute Gasteiger partial charge is 0.365 e. The van der Waals surface area contributed by atoms with Crippen LogP contribution in [0.4, 0.5) is 5.82 Å². The predicted octanol–water partition coefficient (Wildman–Crippen LogP) is 2.67. The summed E-state index contributed by atoms with van der Waals surface area (Å²) in [5, 5.41) is 7.92. The van der Waals surface area contributed by atoms with Crippen LogP contribution in [-0.2, 0) is 10.0 Å². The van der Waals surface area contributed by atoms with Gasteiger partial charge in [-0.2, -0.15) is 0 Å². The minimum absolute atomic E-state index is 0.247. The lowest BCUT2D eigenvalue weighted by molar-refractivity contribution is 0.375. The quantitative estimate of drug-likeness (QED) is 0.704. The first kappa shape index (κ1) is 17.6.